The second-order valence-electron chi connectivity index (χ2n) is 4.07. The summed E-state index contributed by atoms with van der Waals surface area (Å²) in [6.45, 7) is 1.93. The minimum absolute atomic E-state index is 0.463. The Morgan fingerprint density at radius 1 is 1.62 bits per heavy atom. The molecule has 90 valence electrons. The van der Waals surface area contributed by atoms with Crippen LogP contribution in [-0.4, -0.2) is 42.6 Å². The van der Waals surface area contributed by atoms with Crippen LogP contribution in [0.15, 0.2) is 0 Å². The SMILES string of the molecule is COc1c(N)nsc1NCCN(C)C1CC1. The van der Waals surface area contributed by atoms with Crippen molar-refractivity contribution in [1.82, 2.24) is 9.27 Å². The maximum atomic E-state index is 5.67. The first-order valence-electron chi connectivity index (χ1n) is 5.45. The topological polar surface area (TPSA) is 63.4 Å². The number of nitrogens with one attached hydrogen (secondary N) is 1. The van der Waals surface area contributed by atoms with Gasteiger partial charge in [-0.1, -0.05) is 0 Å². The lowest BCUT2D eigenvalue weighted by molar-refractivity contribution is 0.337. The van der Waals surface area contributed by atoms with Gasteiger partial charge in [-0.15, -0.1) is 0 Å². The lowest BCUT2D eigenvalue weighted by Gasteiger charge is -2.15. The Kier molecular flexibility index (Phi) is 3.50. The molecule has 0 aliphatic heterocycles. The molecule has 0 bridgehead atoms. The van der Waals surface area contributed by atoms with Crippen LogP contribution < -0.4 is 15.8 Å². The number of aromatic nitrogens is 1. The van der Waals surface area contributed by atoms with Gasteiger partial charge in [0.25, 0.3) is 0 Å². The van der Waals surface area contributed by atoms with Crippen LogP contribution in [0.25, 0.3) is 0 Å². The fraction of sp³-hybridized carbons (Fsp3) is 0.700. The highest BCUT2D eigenvalue weighted by atomic mass is 32.1. The van der Waals surface area contributed by atoms with E-state index >= 15 is 0 Å². The first-order valence-corrected chi connectivity index (χ1v) is 6.23. The average Bonchev–Trinajstić information content (AvgIpc) is 3.05. The van der Waals surface area contributed by atoms with Gasteiger partial charge in [-0.25, -0.2) is 0 Å². The van der Waals surface area contributed by atoms with Gasteiger partial charge in [-0.05, 0) is 31.4 Å². The van der Waals surface area contributed by atoms with E-state index in [1.54, 1.807) is 7.11 Å². The molecule has 0 unspecified atom stereocenters. The largest absolute Gasteiger partial charge is 0.490 e. The molecule has 1 aliphatic rings. The van der Waals surface area contributed by atoms with Crippen molar-refractivity contribution in [2.24, 2.45) is 0 Å². The summed E-state index contributed by atoms with van der Waals surface area (Å²) in [7, 11) is 3.78. The quantitative estimate of drug-likeness (QED) is 0.786. The van der Waals surface area contributed by atoms with Crippen molar-refractivity contribution < 1.29 is 4.74 Å². The van der Waals surface area contributed by atoms with Gasteiger partial charge in [0, 0.05) is 19.1 Å². The average molecular weight is 242 g/mol. The second kappa shape index (κ2) is 4.88. The molecule has 1 aromatic rings. The second-order valence-corrected chi connectivity index (χ2v) is 4.84. The highest BCUT2D eigenvalue weighted by molar-refractivity contribution is 7.11. The number of likely N-dealkylation sites (N-methyl/N-ethyl adjacent to an activating group) is 1. The Hall–Kier alpha value is -1.01. The van der Waals surface area contributed by atoms with Crippen molar-refractivity contribution >= 4 is 22.4 Å². The smallest absolute Gasteiger partial charge is 0.197 e. The number of hydrogen-bond donors (Lipinski definition) is 2. The fourth-order valence-corrected chi connectivity index (χ4v) is 2.36. The van der Waals surface area contributed by atoms with Gasteiger partial charge in [0.05, 0.1) is 7.11 Å². The maximum Gasteiger partial charge on any atom is 0.197 e. The van der Waals surface area contributed by atoms with Crippen LogP contribution in [0.2, 0.25) is 0 Å². The molecule has 2 rings (SSSR count). The van der Waals surface area contributed by atoms with Crippen molar-refractivity contribution in [3.63, 3.8) is 0 Å². The van der Waals surface area contributed by atoms with Crippen molar-refractivity contribution in [3.05, 3.63) is 0 Å². The van der Waals surface area contributed by atoms with Gasteiger partial charge in [0.2, 0.25) is 0 Å². The molecule has 0 radical (unpaired) electrons. The molecule has 3 N–H and O–H groups in total. The highest BCUT2D eigenvalue weighted by Gasteiger charge is 2.25. The number of ether oxygens (including phenoxy) is 1. The lowest BCUT2D eigenvalue weighted by atomic mass is 10.5. The van der Waals surface area contributed by atoms with Gasteiger partial charge in [-0.2, -0.15) is 4.37 Å². The summed E-state index contributed by atoms with van der Waals surface area (Å²) in [5, 5.41) is 4.23. The van der Waals surface area contributed by atoms with Crippen LogP contribution in [0.4, 0.5) is 10.8 Å². The van der Waals surface area contributed by atoms with Crippen LogP contribution in [-0.2, 0) is 0 Å². The van der Waals surface area contributed by atoms with Crippen LogP contribution in [0.3, 0.4) is 0 Å². The molecule has 1 heterocycles. The maximum absolute atomic E-state index is 5.67. The molecule has 1 aliphatic carbocycles. The van der Waals surface area contributed by atoms with Crippen LogP contribution in [0.1, 0.15) is 12.8 Å². The molecule has 0 spiro atoms. The first-order chi connectivity index (χ1) is 7.72. The third kappa shape index (κ3) is 2.56. The zero-order chi connectivity index (χ0) is 11.5. The van der Waals surface area contributed by atoms with E-state index in [1.165, 1.54) is 24.4 Å². The Balaban J connectivity index is 1.79. The van der Waals surface area contributed by atoms with Gasteiger partial charge >= 0.3 is 0 Å². The van der Waals surface area contributed by atoms with E-state index in [4.69, 9.17) is 10.5 Å². The summed E-state index contributed by atoms with van der Waals surface area (Å²) in [4.78, 5) is 2.38. The van der Waals surface area contributed by atoms with Crippen molar-refractivity contribution in [2.75, 3.05) is 38.3 Å². The van der Waals surface area contributed by atoms with Crippen molar-refractivity contribution in [3.8, 4) is 5.75 Å². The summed E-state index contributed by atoms with van der Waals surface area (Å²) < 4.78 is 9.23. The molecule has 0 saturated heterocycles. The summed E-state index contributed by atoms with van der Waals surface area (Å²) in [5.41, 5.74) is 5.67. The summed E-state index contributed by atoms with van der Waals surface area (Å²) >= 11 is 1.35. The molecule has 1 saturated carbocycles. The van der Waals surface area contributed by atoms with Crippen molar-refractivity contribution in [2.45, 2.75) is 18.9 Å². The Labute approximate surface area is 99.7 Å². The number of nitrogens with two attached hydrogens (primary N) is 1. The predicted molar refractivity (Wildman–Crippen MR) is 67.2 cm³/mol. The summed E-state index contributed by atoms with van der Waals surface area (Å²) in [6, 6.07) is 0.801. The van der Waals surface area contributed by atoms with E-state index in [0.29, 0.717) is 11.6 Å². The van der Waals surface area contributed by atoms with Gasteiger partial charge in [-0.3, -0.25) is 0 Å². The van der Waals surface area contributed by atoms with E-state index in [-0.39, 0.29) is 0 Å². The van der Waals surface area contributed by atoms with Crippen LogP contribution in [0, 0.1) is 0 Å². The third-order valence-electron chi connectivity index (χ3n) is 2.80. The number of nitrogens with zero attached hydrogens (tertiary/aromatic N) is 2. The van der Waals surface area contributed by atoms with E-state index in [1.807, 2.05) is 0 Å². The fourth-order valence-electron chi connectivity index (χ4n) is 1.65. The Bertz CT molecular complexity index is 351. The molecule has 1 fully saturated rings. The summed E-state index contributed by atoms with van der Waals surface area (Å²) in [5.74, 6) is 1.13. The number of rotatable bonds is 6. The zero-order valence-corrected chi connectivity index (χ0v) is 10.5. The molecule has 16 heavy (non-hydrogen) atoms. The summed E-state index contributed by atoms with van der Waals surface area (Å²) in [6.07, 6.45) is 2.68. The van der Waals surface area contributed by atoms with Gasteiger partial charge < -0.3 is 20.7 Å². The van der Waals surface area contributed by atoms with E-state index in [0.717, 1.165) is 24.1 Å². The molecule has 0 amide bonds. The van der Waals surface area contributed by atoms with Crippen LogP contribution in [0.5, 0.6) is 5.75 Å². The van der Waals surface area contributed by atoms with Crippen LogP contribution >= 0.6 is 11.5 Å². The molecule has 6 heteroatoms. The van der Waals surface area contributed by atoms with E-state index < -0.39 is 0 Å². The molecular weight excluding hydrogens is 224 g/mol. The number of methoxy groups -OCH3 is 1. The standard InChI is InChI=1S/C10H18N4OS/c1-14(7-3-4-7)6-5-12-10-8(15-2)9(11)13-16-10/h7,12H,3-6H2,1-2H3,(H2,11,13). The number of hydrogen-bond acceptors (Lipinski definition) is 6. The van der Waals surface area contributed by atoms with Gasteiger partial charge in [0.1, 0.15) is 0 Å². The van der Waals surface area contributed by atoms with E-state index in [9.17, 15) is 0 Å². The molecule has 5 nitrogen and oxygen atoms in total. The lowest BCUT2D eigenvalue weighted by Crippen LogP contribution is -2.26. The molecule has 0 atom stereocenters. The third-order valence-corrected chi connectivity index (χ3v) is 3.60. The van der Waals surface area contributed by atoms with Gasteiger partial charge in [0.15, 0.2) is 16.6 Å². The molecular formula is C10H18N4OS. The number of anilines is 2. The molecule has 0 aromatic carbocycles. The zero-order valence-electron chi connectivity index (χ0n) is 9.69. The Morgan fingerprint density at radius 3 is 3.00 bits per heavy atom. The predicted octanol–water partition coefficient (Wildman–Crippen LogP) is 1.24. The first kappa shape index (κ1) is 11.5. The van der Waals surface area contributed by atoms with E-state index in [2.05, 4.69) is 21.6 Å². The minimum atomic E-state index is 0.463. The normalized spacial score (nSPS) is 15.4. The minimum Gasteiger partial charge on any atom is -0.490 e. The highest BCUT2D eigenvalue weighted by Crippen LogP contribution is 2.34. The van der Waals surface area contributed by atoms with Crippen molar-refractivity contribution in [1.29, 1.82) is 0 Å². The molecule has 1 aromatic heterocycles. The Morgan fingerprint density at radius 2 is 2.38 bits per heavy atom. The monoisotopic (exact) mass is 242 g/mol. The number of nitrogen functional groups attached to an aromatic ring is 1.